The third kappa shape index (κ3) is 5.19. The monoisotopic (exact) mass is 396 g/mol. The van der Waals surface area contributed by atoms with Crippen LogP contribution in [0.3, 0.4) is 0 Å². The van der Waals surface area contributed by atoms with Gasteiger partial charge in [-0.2, -0.15) is 0 Å². The molecule has 3 rings (SSSR count). The third-order valence-electron chi connectivity index (χ3n) is 5.19. The lowest BCUT2D eigenvalue weighted by Gasteiger charge is -2.39. The number of hydrogen-bond donors (Lipinski definition) is 2. The van der Waals surface area contributed by atoms with Crippen LogP contribution in [0, 0.1) is 6.92 Å². The van der Waals surface area contributed by atoms with E-state index < -0.39 is 12.1 Å². The number of aryl methyl sites for hydroxylation is 1. The minimum Gasteiger partial charge on any atom is -0.356 e. The Bertz CT molecular complexity index is 652. The van der Waals surface area contributed by atoms with Gasteiger partial charge in [-0.15, -0.1) is 12.4 Å². The topological polar surface area (TPSA) is 73.9 Å². The summed E-state index contributed by atoms with van der Waals surface area (Å²) in [6, 6.07) is 7.42. The molecule has 0 saturated carbocycles. The van der Waals surface area contributed by atoms with Crippen LogP contribution in [-0.2, 0) is 14.3 Å². The van der Waals surface area contributed by atoms with Crippen molar-refractivity contribution in [1.29, 1.82) is 0 Å². The number of nitrogens with zero attached hydrogens (tertiary/aromatic N) is 2. The van der Waals surface area contributed by atoms with Crippen LogP contribution in [0.15, 0.2) is 24.3 Å². The first-order valence-electron chi connectivity index (χ1n) is 9.21. The van der Waals surface area contributed by atoms with Crippen molar-refractivity contribution in [2.45, 2.75) is 19.1 Å². The lowest BCUT2D eigenvalue weighted by Crippen LogP contribution is -2.54. The number of hydrogen-bond acceptors (Lipinski definition) is 5. The van der Waals surface area contributed by atoms with E-state index in [-0.39, 0.29) is 30.8 Å². The molecule has 2 fully saturated rings. The number of benzene rings is 1. The van der Waals surface area contributed by atoms with Gasteiger partial charge < -0.3 is 20.3 Å². The molecule has 0 aliphatic carbocycles. The fraction of sp³-hybridized carbons (Fsp3) is 0.579. The Hall–Kier alpha value is -1.67. The molecule has 8 heteroatoms. The molecule has 2 saturated heterocycles. The molecule has 2 aliphatic heterocycles. The van der Waals surface area contributed by atoms with E-state index >= 15 is 0 Å². The van der Waals surface area contributed by atoms with E-state index in [1.54, 1.807) is 11.9 Å². The van der Waals surface area contributed by atoms with E-state index in [4.69, 9.17) is 4.74 Å². The van der Waals surface area contributed by atoms with Crippen LogP contribution in [0.25, 0.3) is 0 Å². The second kappa shape index (κ2) is 10.0. The number of piperazine rings is 1. The maximum Gasteiger partial charge on any atom is 0.251 e. The van der Waals surface area contributed by atoms with Crippen molar-refractivity contribution in [2.24, 2.45) is 0 Å². The van der Waals surface area contributed by atoms with Crippen molar-refractivity contribution in [3.05, 3.63) is 35.4 Å². The number of ether oxygens (including phenoxy) is 1. The highest BCUT2D eigenvalue weighted by molar-refractivity contribution is 5.86. The zero-order chi connectivity index (χ0) is 18.5. The van der Waals surface area contributed by atoms with Crippen LogP contribution >= 0.6 is 12.4 Å². The number of nitrogens with one attached hydrogen (secondary N) is 2. The number of halogens is 1. The van der Waals surface area contributed by atoms with Gasteiger partial charge in [0.15, 0.2) is 6.10 Å². The van der Waals surface area contributed by atoms with E-state index in [0.717, 1.165) is 43.9 Å². The number of likely N-dealkylation sites (N-methyl/N-ethyl adjacent to an activating group) is 1. The Morgan fingerprint density at radius 1 is 1.30 bits per heavy atom. The Balaban J connectivity index is 0.00000261. The molecule has 1 aromatic rings. The van der Waals surface area contributed by atoms with E-state index in [2.05, 4.69) is 15.5 Å². The summed E-state index contributed by atoms with van der Waals surface area (Å²) in [5.41, 5.74) is 1.99. The zero-order valence-electron chi connectivity index (χ0n) is 15.9. The van der Waals surface area contributed by atoms with Gasteiger partial charge in [0.2, 0.25) is 5.91 Å². The summed E-state index contributed by atoms with van der Waals surface area (Å²) in [6.45, 7) is 7.30. The number of rotatable bonds is 5. The third-order valence-corrected chi connectivity index (χ3v) is 5.19. The molecule has 27 heavy (non-hydrogen) atoms. The first kappa shape index (κ1) is 21.6. The van der Waals surface area contributed by atoms with Gasteiger partial charge >= 0.3 is 0 Å². The maximum absolute atomic E-state index is 12.8. The quantitative estimate of drug-likeness (QED) is 0.750. The van der Waals surface area contributed by atoms with Gasteiger partial charge in [0.1, 0.15) is 6.61 Å². The molecular weight excluding hydrogens is 368 g/mol. The molecule has 0 unspecified atom stereocenters. The average Bonchev–Trinajstić information content (AvgIpc) is 2.65. The molecule has 0 aromatic heterocycles. The first-order valence-corrected chi connectivity index (χ1v) is 9.21. The summed E-state index contributed by atoms with van der Waals surface area (Å²) < 4.78 is 5.66. The van der Waals surface area contributed by atoms with Crippen LogP contribution in [0.1, 0.15) is 17.2 Å². The summed E-state index contributed by atoms with van der Waals surface area (Å²) in [5, 5.41) is 6.31. The van der Waals surface area contributed by atoms with E-state index in [1.165, 1.54) is 0 Å². The summed E-state index contributed by atoms with van der Waals surface area (Å²) in [5.74, 6) is -0.268. The highest BCUT2D eigenvalue weighted by atomic mass is 35.5. The molecule has 0 radical (unpaired) electrons. The molecular formula is C19H29ClN4O3. The smallest absolute Gasteiger partial charge is 0.251 e. The van der Waals surface area contributed by atoms with Crippen molar-refractivity contribution in [2.75, 3.05) is 52.9 Å². The molecule has 2 atom stereocenters. The number of carbonyl (C=O) groups is 2. The van der Waals surface area contributed by atoms with Crippen molar-refractivity contribution in [3.8, 4) is 0 Å². The van der Waals surface area contributed by atoms with E-state index in [0.29, 0.717) is 6.54 Å². The molecule has 7 nitrogen and oxygen atoms in total. The normalized spacial score (nSPS) is 23.6. The highest BCUT2D eigenvalue weighted by Crippen LogP contribution is 2.31. The van der Waals surface area contributed by atoms with Crippen LogP contribution in [-0.4, -0.2) is 80.6 Å². The van der Waals surface area contributed by atoms with Gasteiger partial charge in [0.05, 0.1) is 6.04 Å². The lowest BCUT2D eigenvalue weighted by atomic mass is 9.94. The zero-order valence-corrected chi connectivity index (χ0v) is 16.8. The molecule has 150 valence electrons. The Labute approximate surface area is 166 Å². The van der Waals surface area contributed by atoms with E-state index in [9.17, 15) is 9.59 Å². The summed E-state index contributed by atoms with van der Waals surface area (Å²) >= 11 is 0. The number of morpholine rings is 1. The largest absolute Gasteiger partial charge is 0.356 e. The van der Waals surface area contributed by atoms with Crippen molar-refractivity contribution in [3.63, 3.8) is 0 Å². The van der Waals surface area contributed by atoms with Crippen molar-refractivity contribution in [1.82, 2.24) is 20.4 Å². The molecule has 2 aliphatic rings. The molecule has 1 aromatic carbocycles. The minimum atomic E-state index is -0.693. The van der Waals surface area contributed by atoms with Gasteiger partial charge in [0, 0.05) is 46.3 Å². The second-order valence-corrected chi connectivity index (χ2v) is 6.92. The Morgan fingerprint density at radius 2 is 2.00 bits per heavy atom. The predicted molar refractivity (Wildman–Crippen MR) is 106 cm³/mol. The SMILES string of the molecule is Cc1ccccc1[C@@H]1[C@@H](C(=O)NCCN2CCNCC2)OCC(=O)N1C.Cl. The van der Waals surface area contributed by atoms with E-state index in [1.807, 2.05) is 31.2 Å². The minimum absolute atomic E-state index is 0. The summed E-state index contributed by atoms with van der Waals surface area (Å²) in [7, 11) is 1.74. The second-order valence-electron chi connectivity index (χ2n) is 6.92. The molecule has 2 heterocycles. The molecule has 0 spiro atoms. The Morgan fingerprint density at radius 3 is 2.70 bits per heavy atom. The van der Waals surface area contributed by atoms with Crippen LogP contribution in [0.5, 0.6) is 0 Å². The maximum atomic E-state index is 12.8. The summed E-state index contributed by atoms with van der Waals surface area (Å²) in [4.78, 5) is 28.9. The van der Waals surface area contributed by atoms with Crippen molar-refractivity contribution < 1.29 is 14.3 Å². The molecule has 0 bridgehead atoms. The average molecular weight is 397 g/mol. The predicted octanol–water partition coefficient (Wildman–Crippen LogP) is 0.337. The summed E-state index contributed by atoms with van der Waals surface area (Å²) in [6.07, 6.45) is -0.693. The van der Waals surface area contributed by atoms with Gasteiger partial charge in [-0.05, 0) is 18.1 Å². The lowest BCUT2D eigenvalue weighted by molar-refractivity contribution is -0.162. The van der Waals surface area contributed by atoms with Crippen LogP contribution < -0.4 is 10.6 Å². The highest BCUT2D eigenvalue weighted by Gasteiger charge is 2.40. The fourth-order valence-electron chi connectivity index (χ4n) is 3.59. The van der Waals surface area contributed by atoms with Gasteiger partial charge in [-0.1, -0.05) is 24.3 Å². The number of carbonyl (C=O) groups excluding carboxylic acids is 2. The first-order chi connectivity index (χ1) is 12.6. The fourth-order valence-corrected chi connectivity index (χ4v) is 3.59. The number of amides is 2. The van der Waals surface area contributed by atoms with Crippen LogP contribution in [0.4, 0.5) is 0 Å². The van der Waals surface area contributed by atoms with Crippen LogP contribution in [0.2, 0.25) is 0 Å². The van der Waals surface area contributed by atoms with Gasteiger partial charge in [-0.3, -0.25) is 14.5 Å². The van der Waals surface area contributed by atoms with Crippen molar-refractivity contribution >= 4 is 24.2 Å². The van der Waals surface area contributed by atoms with Gasteiger partial charge in [0.25, 0.3) is 5.91 Å². The Kier molecular flexibility index (Phi) is 8.04. The molecule has 2 N–H and O–H groups in total. The molecule has 2 amide bonds. The standard InChI is InChI=1S/C19H28N4O3.ClH/c1-14-5-3-4-6-15(14)17-18(26-13-16(24)22(17)2)19(25)21-9-12-23-10-7-20-8-11-23;/h3-6,17-18,20H,7-13H2,1-2H3,(H,21,25);1H/t17-,18+;/m1./s1. The van der Waals surface area contributed by atoms with Gasteiger partial charge in [-0.25, -0.2) is 0 Å².